The molecule has 68 valence electrons. The van der Waals surface area contributed by atoms with Crippen molar-refractivity contribution in [3.63, 3.8) is 0 Å². The first-order valence-electron chi connectivity index (χ1n) is 3.83. The van der Waals surface area contributed by atoms with E-state index in [2.05, 4.69) is 0 Å². The van der Waals surface area contributed by atoms with Gasteiger partial charge < -0.3 is 10.2 Å². The third-order valence-electron chi connectivity index (χ3n) is 2.86. The van der Waals surface area contributed by atoms with E-state index >= 15 is 0 Å². The Morgan fingerprint density at radius 3 is 1.67 bits per heavy atom. The van der Waals surface area contributed by atoms with Crippen LogP contribution in [0.15, 0.2) is 0 Å². The maximum absolute atomic E-state index is 10.6. The van der Waals surface area contributed by atoms with Gasteiger partial charge in [-0.2, -0.15) is 0 Å². The van der Waals surface area contributed by atoms with Gasteiger partial charge in [0.15, 0.2) is 0 Å². The van der Waals surface area contributed by atoms with Crippen molar-refractivity contribution in [2.24, 2.45) is 17.3 Å². The van der Waals surface area contributed by atoms with Crippen LogP contribution in [0.3, 0.4) is 0 Å². The molecule has 0 aromatic carbocycles. The Hall–Kier alpha value is -1.06. The predicted molar refractivity (Wildman–Crippen MR) is 40.6 cm³/mol. The van der Waals surface area contributed by atoms with Crippen LogP contribution in [-0.2, 0) is 9.59 Å². The van der Waals surface area contributed by atoms with Crippen molar-refractivity contribution >= 4 is 11.9 Å². The highest BCUT2D eigenvalue weighted by atomic mass is 16.4. The molecule has 1 saturated carbocycles. The Morgan fingerprint density at radius 2 is 1.50 bits per heavy atom. The standard InChI is InChI=1S/C8H12O4/c1-8(2)4(6(9)10)3-5(8)7(11)12/h4-5H,3H2,1-2H3,(H,9,10)(H,11,12)/t4-,5-/m1/s1. The summed E-state index contributed by atoms with van der Waals surface area (Å²) in [4.78, 5) is 21.1. The van der Waals surface area contributed by atoms with E-state index in [1.807, 2.05) is 0 Å². The SMILES string of the molecule is CC1(C)[C@@H](C(=O)O)C[C@@H]1C(=O)O. The van der Waals surface area contributed by atoms with Crippen LogP contribution in [0.4, 0.5) is 0 Å². The zero-order chi connectivity index (χ0) is 9.52. The van der Waals surface area contributed by atoms with Crippen molar-refractivity contribution in [2.75, 3.05) is 0 Å². The number of carbonyl (C=O) groups is 2. The van der Waals surface area contributed by atoms with Gasteiger partial charge in [0.2, 0.25) is 0 Å². The van der Waals surface area contributed by atoms with Crippen molar-refractivity contribution in [2.45, 2.75) is 20.3 Å². The highest BCUT2D eigenvalue weighted by molar-refractivity contribution is 5.79. The lowest BCUT2D eigenvalue weighted by atomic mass is 9.55. The van der Waals surface area contributed by atoms with Crippen LogP contribution in [-0.4, -0.2) is 22.2 Å². The van der Waals surface area contributed by atoms with Crippen molar-refractivity contribution in [3.05, 3.63) is 0 Å². The van der Waals surface area contributed by atoms with Crippen LogP contribution in [0.2, 0.25) is 0 Å². The van der Waals surface area contributed by atoms with E-state index in [1.165, 1.54) is 0 Å². The van der Waals surface area contributed by atoms with Gasteiger partial charge in [-0.25, -0.2) is 0 Å². The summed E-state index contributed by atoms with van der Waals surface area (Å²) in [5, 5.41) is 17.4. The summed E-state index contributed by atoms with van der Waals surface area (Å²) in [6.07, 6.45) is 0.262. The quantitative estimate of drug-likeness (QED) is 0.646. The van der Waals surface area contributed by atoms with Crippen LogP contribution < -0.4 is 0 Å². The fraction of sp³-hybridized carbons (Fsp3) is 0.750. The first-order valence-corrected chi connectivity index (χ1v) is 3.83. The van der Waals surface area contributed by atoms with Gasteiger partial charge >= 0.3 is 11.9 Å². The van der Waals surface area contributed by atoms with Gasteiger partial charge in [-0.05, 0) is 11.8 Å². The van der Waals surface area contributed by atoms with Gasteiger partial charge in [0, 0.05) is 0 Å². The average Bonchev–Trinajstić information content (AvgIpc) is 1.83. The molecule has 12 heavy (non-hydrogen) atoms. The summed E-state index contributed by atoms with van der Waals surface area (Å²) in [7, 11) is 0. The van der Waals surface area contributed by atoms with Gasteiger partial charge in [0.25, 0.3) is 0 Å². The Kier molecular flexibility index (Phi) is 1.86. The highest BCUT2D eigenvalue weighted by Gasteiger charge is 2.55. The van der Waals surface area contributed by atoms with Crippen LogP contribution in [0.25, 0.3) is 0 Å². The number of carboxylic acid groups (broad SMARTS) is 2. The minimum atomic E-state index is -0.891. The molecule has 1 aliphatic carbocycles. The molecule has 2 atom stereocenters. The van der Waals surface area contributed by atoms with Gasteiger partial charge in [-0.3, -0.25) is 9.59 Å². The summed E-state index contributed by atoms with van der Waals surface area (Å²) < 4.78 is 0. The van der Waals surface area contributed by atoms with E-state index in [-0.39, 0.29) is 6.42 Å². The van der Waals surface area contributed by atoms with Gasteiger partial charge in [-0.1, -0.05) is 13.8 Å². The molecule has 0 aromatic heterocycles. The molecule has 4 nitrogen and oxygen atoms in total. The van der Waals surface area contributed by atoms with Crippen LogP contribution >= 0.6 is 0 Å². The number of hydrogen-bond acceptors (Lipinski definition) is 2. The Morgan fingerprint density at radius 1 is 1.17 bits per heavy atom. The molecule has 0 unspecified atom stereocenters. The van der Waals surface area contributed by atoms with E-state index in [1.54, 1.807) is 13.8 Å². The molecule has 0 amide bonds. The summed E-state index contributed by atoms with van der Waals surface area (Å²) in [6.45, 7) is 3.38. The molecule has 2 N–H and O–H groups in total. The molecule has 0 heterocycles. The second-order valence-electron chi connectivity index (χ2n) is 3.84. The molecule has 0 aliphatic heterocycles. The average molecular weight is 172 g/mol. The Bertz CT molecular complexity index is 209. The first-order chi connectivity index (χ1) is 5.37. The van der Waals surface area contributed by atoms with Crippen molar-refractivity contribution in [1.82, 2.24) is 0 Å². The van der Waals surface area contributed by atoms with E-state index in [0.717, 1.165) is 0 Å². The minimum absolute atomic E-state index is 0.262. The highest BCUT2D eigenvalue weighted by Crippen LogP contribution is 2.51. The fourth-order valence-electron chi connectivity index (χ4n) is 1.76. The van der Waals surface area contributed by atoms with E-state index in [4.69, 9.17) is 10.2 Å². The van der Waals surface area contributed by atoms with E-state index in [9.17, 15) is 9.59 Å². The van der Waals surface area contributed by atoms with Crippen molar-refractivity contribution < 1.29 is 19.8 Å². The normalized spacial score (nSPS) is 32.2. The summed E-state index contributed by atoms with van der Waals surface area (Å²) in [5.41, 5.74) is -0.600. The molecule has 0 saturated heterocycles. The second-order valence-corrected chi connectivity index (χ2v) is 3.84. The molecular weight excluding hydrogens is 160 g/mol. The van der Waals surface area contributed by atoms with E-state index in [0.29, 0.717) is 0 Å². The molecule has 4 heteroatoms. The monoisotopic (exact) mass is 172 g/mol. The van der Waals surface area contributed by atoms with Crippen molar-refractivity contribution in [3.8, 4) is 0 Å². The number of rotatable bonds is 2. The summed E-state index contributed by atoms with van der Waals surface area (Å²) in [6, 6.07) is 0. The maximum atomic E-state index is 10.6. The predicted octanol–water partition coefficient (Wildman–Crippen LogP) is 0.818. The molecular formula is C8H12O4. The van der Waals surface area contributed by atoms with Crippen molar-refractivity contribution in [1.29, 1.82) is 0 Å². The third-order valence-corrected chi connectivity index (χ3v) is 2.86. The van der Waals surface area contributed by atoms with E-state index < -0.39 is 29.2 Å². The summed E-state index contributed by atoms with van der Waals surface area (Å²) in [5.74, 6) is -2.78. The number of hydrogen-bond donors (Lipinski definition) is 2. The zero-order valence-electron chi connectivity index (χ0n) is 7.07. The number of carboxylic acids is 2. The fourth-order valence-corrected chi connectivity index (χ4v) is 1.76. The molecule has 0 aromatic rings. The smallest absolute Gasteiger partial charge is 0.307 e. The first kappa shape index (κ1) is 9.03. The topological polar surface area (TPSA) is 74.6 Å². The lowest BCUT2D eigenvalue weighted by Crippen LogP contribution is -2.52. The molecule has 1 aliphatic rings. The summed E-state index contributed by atoms with van der Waals surface area (Å²) >= 11 is 0. The van der Waals surface area contributed by atoms with Crippen LogP contribution in [0, 0.1) is 17.3 Å². The van der Waals surface area contributed by atoms with Gasteiger partial charge in [-0.15, -0.1) is 0 Å². The molecule has 0 spiro atoms. The number of aliphatic carboxylic acids is 2. The Labute approximate surface area is 70.2 Å². The lowest BCUT2D eigenvalue weighted by Gasteiger charge is -2.47. The van der Waals surface area contributed by atoms with Crippen LogP contribution in [0.1, 0.15) is 20.3 Å². The lowest BCUT2D eigenvalue weighted by molar-refractivity contribution is -0.171. The maximum Gasteiger partial charge on any atom is 0.307 e. The van der Waals surface area contributed by atoms with Gasteiger partial charge in [0.05, 0.1) is 11.8 Å². The Balaban J connectivity index is 2.72. The third kappa shape index (κ3) is 1.07. The molecule has 0 radical (unpaired) electrons. The zero-order valence-corrected chi connectivity index (χ0v) is 7.07. The van der Waals surface area contributed by atoms with Crippen LogP contribution in [0.5, 0.6) is 0 Å². The molecule has 0 bridgehead atoms. The molecule has 1 fully saturated rings. The largest absolute Gasteiger partial charge is 0.481 e. The van der Waals surface area contributed by atoms with Gasteiger partial charge in [0.1, 0.15) is 0 Å². The second kappa shape index (κ2) is 2.47. The molecule has 1 rings (SSSR count). The minimum Gasteiger partial charge on any atom is -0.481 e.